The van der Waals surface area contributed by atoms with Crippen molar-refractivity contribution < 1.29 is 0 Å². The minimum absolute atomic E-state index is 0. The van der Waals surface area contributed by atoms with Gasteiger partial charge in [-0.2, -0.15) is 0 Å². The fourth-order valence-corrected chi connectivity index (χ4v) is 9.02. The molecule has 0 bridgehead atoms. The molecule has 0 spiro atoms. The standard InChI is InChI=1S/C18H40P2.2BrH/c1-15(2)13-19(17(5,6)7)11-12-20(14-16(3)4)18(8,9)10;;/h15-16H,11-14H2,1-10H3;2*1H. The third-order valence-electron chi connectivity index (χ3n) is 3.71. The lowest BCUT2D eigenvalue weighted by molar-refractivity contribution is 0.708. The van der Waals surface area contributed by atoms with Crippen molar-refractivity contribution in [2.45, 2.75) is 79.5 Å². The summed E-state index contributed by atoms with van der Waals surface area (Å²) in [4.78, 5) is 0. The van der Waals surface area contributed by atoms with Crippen LogP contribution in [0.25, 0.3) is 0 Å². The molecule has 0 aliphatic heterocycles. The summed E-state index contributed by atoms with van der Waals surface area (Å²) in [6, 6.07) is 0. The van der Waals surface area contributed by atoms with Crippen LogP contribution in [0.1, 0.15) is 69.2 Å². The van der Waals surface area contributed by atoms with Crippen molar-refractivity contribution in [3.63, 3.8) is 0 Å². The molecular formula is C18H42Br2P2. The van der Waals surface area contributed by atoms with E-state index in [4.69, 9.17) is 0 Å². The number of halogens is 2. The van der Waals surface area contributed by atoms with E-state index in [2.05, 4.69) is 69.2 Å². The van der Waals surface area contributed by atoms with Crippen molar-refractivity contribution in [3.8, 4) is 0 Å². The van der Waals surface area contributed by atoms with Crippen molar-refractivity contribution in [1.82, 2.24) is 0 Å². The van der Waals surface area contributed by atoms with Gasteiger partial charge in [0.2, 0.25) is 0 Å². The Hall–Kier alpha value is 1.82. The molecule has 0 N–H and O–H groups in total. The van der Waals surface area contributed by atoms with E-state index in [-0.39, 0.29) is 49.8 Å². The van der Waals surface area contributed by atoms with Gasteiger partial charge in [0.15, 0.2) is 0 Å². The third-order valence-corrected chi connectivity index (χ3v) is 11.7. The quantitative estimate of drug-likeness (QED) is 0.324. The molecule has 138 valence electrons. The van der Waals surface area contributed by atoms with Crippen LogP contribution in [0, 0.1) is 11.8 Å². The smallest absolute Gasteiger partial charge is 0.0179 e. The zero-order valence-electron chi connectivity index (χ0n) is 16.7. The molecule has 0 amide bonds. The Morgan fingerprint density at radius 1 is 0.591 bits per heavy atom. The van der Waals surface area contributed by atoms with Gasteiger partial charge in [0.05, 0.1) is 0 Å². The second-order valence-electron chi connectivity index (χ2n) is 9.02. The van der Waals surface area contributed by atoms with Crippen molar-refractivity contribution in [2.24, 2.45) is 11.8 Å². The molecule has 22 heavy (non-hydrogen) atoms. The lowest BCUT2D eigenvalue weighted by Crippen LogP contribution is -2.22. The summed E-state index contributed by atoms with van der Waals surface area (Å²) in [5, 5.41) is 1.05. The zero-order chi connectivity index (χ0) is 16.1. The van der Waals surface area contributed by atoms with E-state index in [9.17, 15) is 0 Å². The predicted octanol–water partition coefficient (Wildman–Crippen LogP) is 8.02. The van der Waals surface area contributed by atoms with Crippen molar-refractivity contribution in [3.05, 3.63) is 0 Å². The Kier molecular flexibility index (Phi) is 15.9. The summed E-state index contributed by atoms with van der Waals surface area (Å²) in [7, 11) is 0.341. The average molecular weight is 480 g/mol. The highest BCUT2D eigenvalue weighted by atomic mass is 79.9. The zero-order valence-corrected chi connectivity index (χ0v) is 21.9. The summed E-state index contributed by atoms with van der Waals surface area (Å²) in [6.07, 6.45) is 5.89. The largest absolute Gasteiger partial charge is 0.114 e. The van der Waals surface area contributed by atoms with Crippen LogP contribution in [0.2, 0.25) is 0 Å². The lowest BCUT2D eigenvalue weighted by Gasteiger charge is -2.38. The van der Waals surface area contributed by atoms with Gasteiger partial charge < -0.3 is 0 Å². The van der Waals surface area contributed by atoms with E-state index in [0.717, 1.165) is 11.8 Å². The molecule has 2 unspecified atom stereocenters. The lowest BCUT2D eigenvalue weighted by atomic mass is 10.2. The van der Waals surface area contributed by atoms with Gasteiger partial charge in [-0.15, -0.1) is 49.8 Å². The maximum atomic E-state index is 2.46. The first kappa shape index (κ1) is 28.6. The highest BCUT2D eigenvalue weighted by Gasteiger charge is 2.29. The molecule has 0 heterocycles. The molecule has 4 heteroatoms. The summed E-state index contributed by atoms with van der Waals surface area (Å²) < 4.78 is 0. The van der Waals surface area contributed by atoms with Crippen LogP contribution in [0.5, 0.6) is 0 Å². The molecule has 0 radical (unpaired) electrons. The first-order chi connectivity index (χ1) is 8.84. The van der Waals surface area contributed by atoms with Crippen LogP contribution in [0.4, 0.5) is 0 Å². The Morgan fingerprint density at radius 2 is 0.818 bits per heavy atom. The van der Waals surface area contributed by atoms with E-state index >= 15 is 0 Å². The molecule has 0 aromatic heterocycles. The Labute approximate surface area is 165 Å². The van der Waals surface area contributed by atoms with E-state index in [1.54, 1.807) is 0 Å². The second-order valence-corrected chi connectivity index (χ2v) is 15.5. The van der Waals surface area contributed by atoms with Gasteiger partial charge in [-0.1, -0.05) is 69.2 Å². The fourth-order valence-electron chi connectivity index (χ4n) is 2.52. The maximum absolute atomic E-state index is 2.46. The summed E-state index contributed by atoms with van der Waals surface area (Å²) in [6.45, 7) is 24.3. The van der Waals surface area contributed by atoms with Gasteiger partial charge >= 0.3 is 0 Å². The molecule has 0 fully saturated rings. The molecule has 0 aliphatic rings. The Balaban J connectivity index is -0.00000180. The van der Waals surface area contributed by atoms with Crippen LogP contribution < -0.4 is 0 Å². The second kappa shape index (κ2) is 12.2. The van der Waals surface area contributed by atoms with E-state index in [1.807, 2.05) is 0 Å². The number of hydrogen-bond acceptors (Lipinski definition) is 0. The molecule has 0 saturated heterocycles. The summed E-state index contributed by atoms with van der Waals surface area (Å²) >= 11 is 0. The van der Waals surface area contributed by atoms with E-state index in [0.29, 0.717) is 10.3 Å². The Morgan fingerprint density at radius 3 is 0.955 bits per heavy atom. The highest BCUT2D eigenvalue weighted by Crippen LogP contribution is 2.56. The minimum atomic E-state index is 0. The molecular weight excluding hydrogens is 438 g/mol. The van der Waals surface area contributed by atoms with Crippen LogP contribution >= 0.6 is 49.8 Å². The first-order valence-electron chi connectivity index (χ1n) is 8.34. The monoisotopic (exact) mass is 478 g/mol. The predicted molar refractivity (Wildman–Crippen MR) is 123 cm³/mol. The Bertz CT molecular complexity index is 237. The topological polar surface area (TPSA) is 0 Å². The van der Waals surface area contributed by atoms with Crippen LogP contribution in [-0.4, -0.2) is 35.0 Å². The number of rotatable bonds is 7. The minimum Gasteiger partial charge on any atom is -0.114 e. The van der Waals surface area contributed by atoms with Gasteiger partial charge in [-0.05, 0) is 46.8 Å². The summed E-state index contributed by atoms with van der Waals surface area (Å²) in [5.74, 6) is 1.71. The fraction of sp³-hybridized carbons (Fsp3) is 1.00. The number of hydrogen-bond donors (Lipinski definition) is 0. The van der Waals surface area contributed by atoms with E-state index < -0.39 is 0 Å². The maximum Gasteiger partial charge on any atom is -0.0179 e. The molecule has 0 rings (SSSR count). The third kappa shape index (κ3) is 13.1. The van der Waals surface area contributed by atoms with Gasteiger partial charge in [0.25, 0.3) is 0 Å². The van der Waals surface area contributed by atoms with Crippen molar-refractivity contribution in [1.29, 1.82) is 0 Å². The highest BCUT2D eigenvalue weighted by molar-refractivity contribution is 8.93. The van der Waals surface area contributed by atoms with Crippen molar-refractivity contribution >= 4 is 49.8 Å². The van der Waals surface area contributed by atoms with Crippen LogP contribution in [0.15, 0.2) is 0 Å². The first-order valence-corrected chi connectivity index (χ1v) is 11.8. The summed E-state index contributed by atoms with van der Waals surface area (Å²) in [5.41, 5.74) is 0. The molecule has 0 nitrogen and oxygen atoms in total. The van der Waals surface area contributed by atoms with Gasteiger partial charge in [-0.25, -0.2) is 0 Å². The van der Waals surface area contributed by atoms with Gasteiger partial charge in [0.1, 0.15) is 0 Å². The molecule has 0 aliphatic carbocycles. The molecule has 0 aromatic carbocycles. The SMILES string of the molecule is Br.Br.CC(C)CP(CCP(CC(C)C)C(C)(C)C)C(C)(C)C. The molecule has 0 saturated carbocycles. The van der Waals surface area contributed by atoms with Crippen LogP contribution in [-0.2, 0) is 0 Å². The van der Waals surface area contributed by atoms with Gasteiger partial charge in [-0.3, -0.25) is 0 Å². The molecule has 2 atom stereocenters. The van der Waals surface area contributed by atoms with E-state index in [1.165, 1.54) is 24.6 Å². The van der Waals surface area contributed by atoms with Crippen LogP contribution in [0.3, 0.4) is 0 Å². The van der Waals surface area contributed by atoms with Crippen molar-refractivity contribution in [2.75, 3.05) is 24.6 Å². The van der Waals surface area contributed by atoms with Gasteiger partial charge in [0, 0.05) is 0 Å². The molecule has 0 aromatic rings. The normalized spacial score (nSPS) is 15.3. The average Bonchev–Trinajstić information content (AvgIpc) is 2.17.